The second-order valence-corrected chi connectivity index (χ2v) is 11.0. The lowest BCUT2D eigenvalue weighted by Crippen LogP contribution is -2.32. The van der Waals surface area contributed by atoms with Gasteiger partial charge in [-0.3, -0.25) is 14.8 Å². The average Bonchev–Trinajstić information content (AvgIpc) is 2.93. The molecule has 12 heteroatoms. The van der Waals surface area contributed by atoms with E-state index in [1.165, 1.54) is 44.2 Å². The van der Waals surface area contributed by atoms with Crippen LogP contribution in [0.1, 0.15) is 20.8 Å². The first kappa shape index (κ1) is 30.8. The highest BCUT2D eigenvalue weighted by Gasteiger charge is 2.27. The maximum absolute atomic E-state index is 13.3. The molecule has 0 aliphatic rings. The molecule has 0 radical (unpaired) electrons. The predicted molar refractivity (Wildman–Crippen MR) is 152 cm³/mol. The second kappa shape index (κ2) is 14.1. The van der Waals surface area contributed by atoms with Gasteiger partial charge < -0.3 is 19.5 Å². The predicted octanol–water partition coefficient (Wildman–Crippen LogP) is 5.18. The number of amides is 2. The molecule has 0 aliphatic carbocycles. The molecule has 3 N–H and O–H groups in total. The Bertz CT molecular complexity index is 1410. The summed E-state index contributed by atoms with van der Waals surface area (Å²) >= 11 is 0. The highest BCUT2D eigenvalue weighted by Crippen LogP contribution is 2.30. The maximum atomic E-state index is 13.3. The van der Waals surface area contributed by atoms with Crippen LogP contribution in [0.5, 0.6) is 0 Å². The van der Waals surface area contributed by atoms with Crippen LogP contribution in [0.15, 0.2) is 65.6 Å². The monoisotopic (exact) mass is 575 g/mol. The fraction of sp³-hybridized carbons (Fsp3) is 0.357. The third-order valence-electron chi connectivity index (χ3n) is 5.79. The fourth-order valence-corrected chi connectivity index (χ4v) is 4.80. The molecule has 216 valence electrons. The first-order chi connectivity index (χ1) is 19.1. The number of hydrogen-bond donors (Lipinski definition) is 3. The van der Waals surface area contributed by atoms with Gasteiger partial charge in [0.1, 0.15) is 13.3 Å². The molecule has 3 rings (SSSR count). The number of carbonyl (C=O) groups is 2. The summed E-state index contributed by atoms with van der Waals surface area (Å²) < 4.78 is 57.8. The van der Waals surface area contributed by atoms with Crippen LogP contribution >= 0.6 is 0 Å². The molecule has 0 aliphatic heterocycles. The van der Waals surface area contributed by atoms with Crippen molar-refractivity contribution in [3.8, 4) is 0 Å². The maximum Gasteiger partial charge on any atom is 0.411 e. The van der Waals surface area contributed by atoms with Crippen LogP contribution in [0.2, 0.25) is 0 Å². The normalized spacial score (nSPS) is 11.7. The lowest BCUT2D eigenvalue weighted by molar-refractivity contribution is -0.124. The molecule has 0 fully saturated rings. The van der Waals surface area contributed by atoms with E-state index in [1.807, 2.05) is 6.92 Å². The zero-order valence-electron chi connectivity index (χ0n) is 22.7. The van der Waals surface area contributed by atoms with Crippen LogP contribution in [-0.4, -0.2) is 60.1 Å². The number of carbonyl (C=O) groups excluding carboxylic acids is 2. The lowest BCUT2D eigenvalue weighted by atomic mass is 9.94. The Hall–Kier alpha value is -3.74. The van der Waals surface area contributed by atoms with E-state index in [-0.39, 0.29) is 23.8 Å². The van der Waals surface area contributed by atoms with Gasteiger partial charge in [0.05, 0.1) is 35.8 Å². The Morgan fingerprint density at radius 3 is 2.15 bits per heavy atom. The van der Waals surface area contributed by atoms with Gasteiger partial charge in [0.25, 0.3) is 10.0 Å². The Kier molecular flexibility index (Phi) is 10.8. The SMILES string of the molecule is CCOCCOCCOC(=O)Nc1cccc2c(S(=O)(=O)Nc3ccc(NC(=O)C(C)(C)CF)cc3)cccc12. The van der Waals surface area contributed by atoms with Crippen molar-refractivity contribution < 1.29 is 36.6 Å². The third-order valence-corrected chi connectivity index (χ3v) is 7.23. The Morgan fingerprint density at radius 1 is 0.825 bits per heavy atom. The number of rotatable bonds is 14. The van der Waals surface area contributed by atoms with Gasteiger partial charge in [-0.1, -0.05) is 24.3 Å². The van der Waals surface area contributed by atoms with Crippen molar-refractivity contribution in [2.75, 3.05) is 55.1 Å². The van der Waals surface area contributed by atoms with Gasteiger partial charge in [-0.05, 0) is 57.2 Å². The number of ether oxygens (including phenoxy) is 3. The van der Waals surface area contributed by atoms with E-state index in [2.05, 4.69) is 15.4 Å². The number of alkyl halides is 1. The smallest absolute Gasteiger partial charge is 0.411 e. The molecule has 0 aromatic heterocycles. The zero-order valence-corrected chi connectivity index (χ0v) is 23.5. The molecular weight excluding hydrogens is 541 g/mol. The third kappa shape index (κ3) is 8.38. The minimum atomic E-state index is -4.03. The van der Waals surface area contributed by atoms with Gasteiger partial charge in [-0.25, -0.2) is 17.6 Å². The van der Waals surface area contributed by atoms with Crippen molar-refractivity contribution >= 4 is 49.9 Å². The zero-order chi connectivity index (χ0) is 29.2. The number of anilines is 3. The van der Waals surface area contributed by atoms with Crippen molar-refractivity contribution in [1.82, 2.24) is 0 Å². The van der Waals surface area contributed by atoms with Gasteiger partial charge in [0.2, 0.25) is 5.91 Å². The van der Waals surface area contributed by atoms with Gasteiger partial charge in [-0.15, -0.1) is 0 Å². The second-order valence-electron chi connectivity index (χ2n) is 9.38. The standard InChI is InChI=1S/C28H34FN3O7S/c1-4-37-15-16-38-17-18-39-27(34)31-24-9-5-8-23-22(24)7-6-10-25(23)40(35,36)32-21-13-11-20(12-14-21)30-26(33)28(2,3)19-29/h5-14,32H,4,15-19H2,1-3H3,(H,30,33)(H,31,34). The van der Waals surface area contributed by atoms with Crippen LogP contribution in [0.25, 0.3) is 10.8 Å². The summed E-state index contributed by atoms with van der Waals surface area (Å²) in [4.78, 5) is 24.5. The molecule has 40 heavy (non-hydrogen) atoms. The van der Waals surface area contributed by atoms with Crippen LogP contribution in [-0.2, 0) is 29.0 Å². The molecule has 3 aromatic carbocycles. The molecule has 2 amide bonds. The summed E-state index contributed by atoms with van der Waals surface area (Å²) in [5.41, 5.74) is -0.134. The highest BCUT2D eigenvalue weighted by atomic mass is 32.2. The number of hydrogen-bond acceptors (Lipinski definition) is 7. The van der Waals surface area contributed by atoms with Crippen LogP contribution in [0.4, 0.5) is 26.2 Å². The topological polar surface area (TPSA) is 132 Å². The summed E-state index contributed by atoms with van der Waals surface area (Å²) in [6, 6.07) is 15.7. The molecule has 0 atom stereocenters. The number of halogens is 1. The van der Waals surface area contributed by atoms with E-state index in [4.69, 9.17) is 14.2 Å². The van der Waals surface area contributed by atoms with Gasteiger partial charge in [0, 0.05) is 28.8 Å². The molecule has 0 bridgehead atoms. The molecule has 0 saturated heterocycles. The molecule has 0 heterocycles. The van der Waals surface area contributed by atoms with Crippen LogP contribution in [0.3, 0.4) is 0 Å². The van der Waals surface area contributed by atoms with E-state index < -0.39 is 34.1 Å². The molecule has 0 spiro atoms. The van der Waals surface area contributed by atoms with E-state index in [0.717, 1.165) is 0 Å². The van der Waals surface area contributed by atoms with Gasteiger partial charge in [0.15, 0.2) is 0 Å². The number of fused-ring (bicyclic) bond motifs is 1. The van der Waals surface area contributed by atoms with E-state index in [1.54, 1.807) is 30.3 Å². The summed E-state index contributed by atoms with van der Waals surface area (Å²) in [6.45, 7) is 5.76. The molecule has 0 saturated carbocycles. The quantitative estimate of drug-likeness (QED) is 0.226. The Labute approximate surface area is 233 Å². The van der Waals surface area contributed by atoms with Crippen LogP contribution in [0, 0.1) is 5.41 Å². The summed E-state index contributed by atoms with van der Waals surface area (Å²) in [5, 5.41) is 6.16. The minimum absolute atomic E-state index is 0.00629. The largest absolute Gasteiger partial charge is 0.447 e. The summed E-state index contributed by atoms with van der Waals surface area (Å²) in [6.07, 6.45) is -0.700. The minimum Gasteiger partial charge on any atom is -0.447 e. The van der Waals surface area contributed by atoms with E-state index in [0.29, 0.717) is 42.0 Å². The lowest BCUT2D eigenvalue weighted by Gasteiger charge is -2.19. The van der Waals surface area contributed by atoms with Crippen molar-refractivity contribution in [2.24, 2.45) is 5.41 Å². The molecule has 10 nitrogen and oxygen atoms in total. The van der Waals surface area contributed by atoms with Crippen molar-refractivity contribution in [3.63, 3.8) is 0 Å². The first-order valence-electron chi connectivity index (χ1n) is 12.7. The van der Waals surface area contributed by atoms with Gasteiger partial charge in [-0.2, -0.15) is 0 Å². The Morgan fingerprint density at radius 2 is 1.45 bits per heavy atom. The van der Waals surface area contributed by atoms with E-state index in [9.17, 15) is 22.4 Å². The van der Waals surface area contributed by atoms with E-state index >= 15 is 0 Å². The number of nitrogens with one attached hydrogen (secondary N) is 3. The molecular formula is C28H34FN3O7S. The highest BCUT2D eigenvalue weighted by molar-refractivity contribution is 7.93. The molecule has 3 aromatic rings. The fourth-order valence-electron chi connectivity index (χ4n) is 3.52. The Balaban J connectivity index is 1.68. The van der Waals surface area contributed by atoms with Crippen molar-refractivity contribution in [2.45, 2.75) is 25.7 Å². The first-order valence-corrected chi connectivity index (χ1v) is 14.2. The van der Waals surface area contributed by atoms with Crippen LogP contribution < -0.4 is 15.4 Å². The molecule has 0 unspecified atom stereocenters. The summed E-state index contributed by atoms with van der Waals surface area (Å²) in [7, 11) is -4.03. The van der Waals surface area contributed by atoms with Crippen molar-refractivity contribution in [1.29, 1.82) is 0 Å². The van der Waals surface area contributed by atoms with Crippen molar-refractivity contribution in [3.05, 3.63) is 60.7 Å². The number of benzene rings is 3. The van der Waals surface area contributed by atoms with Gasteiger partial charge >= 0.3 is 6.09 Å². The number of sulfonamides is 1. The average molecular weight is 576 g/mol. The summed E-state index contributed by atoms with van der Waals surface area (Å²) in [5.74, 6) is -0.488.